The monoisotopic (exact) mass is 363 g/mol. The van der Waals surface area contributed by atoms with Crippen molar-refractivity contribution < 1.29 is 24.2 Å². The normalized spacial score (nSPS) is 10.2. The molecule has 0 fully saturated rings. The molecule has 2 rings (SSSR count). The third-order valence-electron chi connectivity index (χ3n) is 3.36. The minimum atomic E-state index is -1.14. The Morgan fingerprint density at radius 1 is 1.12 bits per heavy atom. The SMILES string of the molecule is COc1ccc(OCCCC(=O)Nc2ccc(Cl)c(C(=O)O)c2)cc1. The van der Waals surface area contributed by atoms with Gasteiger partial charge in [0.05, 0.1) is 24.3 Å². The van der Waals surface area contributed by atoms with E-state index < -0.39 is 5.97 Å². The predicted octanol–water partition coefficient (Wildman–Crippen LogP) is 3.84. The highest BCUT2D eigenvalue weighted by Gasteiger charge is 2.11. The van der Waals surface area contributed by atoms with Crippen LogP contribution in [0.15, 0.2) is 42.5 Å². The average molecular weight is 364 g/mol. The lowest BCUT2D eigenvalue weighted by atomic mass is 10.2. The summed E-state index contributed by atoms with van der Waals surface area (Å²) in [6.45, 7) is 0.390. The van der Waals surface area contributed by atoms with Gasteiger partial charge in [-0.05, 0) is 48.9 Å². The Hall–Kier alpha value is -2.73. The molecule has 0 saturated heterocycles. The molecule has 0 aromatic heterocycles. The summed E-state index contributed by atoms with van der Waals surface area (Å²) in [7, 11) is 1.59. The van der Waals surface area contributed by atoms with Gasteiger partial charge in [-0.1, -0.05) is 11.6 Å². The maximum absolute atomic E-state index is 11.9. The number of carboxylic acids is 1. The number of methoxy groups -OCH3 is 1. The Kier molecular flexibility index (Phi) is 6.65. The van der Waals surface area contributed by atoms with Crippen molar-refractivity contribution in [2.75, 3.05) is 19.0 Å². The summed E-state index contributed by atoms with van der Waals surface area (Å²) in [5.41, 5.74) is 0.338. The zero-order chi connectivity index (χ0) is 18.2. The third kappa shape index (κ3) is 5.69. The summed E-state index contributed by atoms with van der Waals surface area (Å²) < 4.78 is 10.6. The number of carbonyl (C=O) groups excluding carboxylic acids is 1. The van der Waals surface area contributed by atoms with Gasteiger partial charge in [-0.3, -0.25) is 4.79 Å². The summed E-state index contributed by atoms with van der Waals surface area (Å²) in [4.78, 5) is 22.9. The lowest BCUT2D eigenvalue weighted by Crippen LogP contribution is -2.13. The minimum absolute atomic E-state index is 0.0534. The molecule has 0 aliphatic carbocycles. The van der Waals surface area contributed by atoms with E-state index in [0.29, 0.717) is 24.5 Å². The molecular weight excluding hydrogens is 346 g/mol. The van der Waals surface area contributed by atoms with E-state index in [2.05, 4.69) is 5.32 Å². The van der Waals surface area contributed by atoms with E-state index in [1.54, 1.807) is 37.4 Å². The number of amides is 1. The molecule has 0 bridgehead atoms. The van der Waals surface area contributed by atoms with Crippen LogP contribution in [0.25, 0.3) is 0 Å². The van der Waals surface area contributed by atoms with Gasteiger partial charge in [0.1, 0.15) is 11.5 Å². The van der Waals surface area contributed by atoms with E-state index in [1.807, 2.05) is 0 Å². The molecule has 7 heteroatoms. The van der Waals surface area contributed by atoms with Crippen molar-refractivity contribution in [2.24, 2.45) is 0 Å². The molecule has 6 nitrogen and oxygen atoms in total. The van der Waals surface area contributed by atoms with Crippen molar-refractivity contribution >= 4 is 29.2 Å². The van der Waals surface area contributed by atoms with Crippen molar-refractivity contribution in [3.05, 3.63) is 53.1 Å². The Morgan fingerprint density at radius 3 is 2.44 bits per heavy atom. The Bertz CT molecular complexity index is 746. The van der Waals surface area contributed by atoms with Gasteiger partial charge in [0.25, 0.3) is 0 Å². The van der Waals surface area contributed by atoms with Gasteiger partial charge in [-0.2, -0.15) is 0 Å². The van der Waals surface area contributed by atoms with Crippen molar-refractivity contribution in [3.8, 4) is 11.5 Å². The van der Waals surface area contributed by atoms with Gasteiger partial charge in [-0.25, -0.2) is 4.79 Å². The molecule has 2 aromatic rings. The van der Waals surface area contributed by atoms with Crippen molar-refractivity contribution in [1.82, 2.24) is 0 Å². The molecule has 0 atom stereocenters. The second-order valence-corrected chi connectivity index (χ2v) is 5.58. The molecule has 132 valence electrons. The largest absolute Gasteiger partial charge is 0.497 e. The van der Waals surface area contributed by atoms with Crippen LogP contribution in [-0.4, -0.2) is 30.7 Å². The highest BCUT2D eigenvalue weighted by molar-refractivity contribution is 6.33. The first-order valence-electron chi connectivity index (χ1n) is 7.59. The van der Waals surface area contributed by atoms with E-state index >= 15 is 0 Å². The van der Waals surface area contributed by atoms with Crippen molar-refractivity contribution in [1.29, 1.82) is 0 Å². The summed E-state index contributed by atoms with van der Waals surface area (Å²) in [5, 5.41) is 11.8. The lowest BCUT2D eigenvalue weighted by molar-refractivity contribution is -0.116. The Morgan fingerprint density at radius 2 is 1.80 bits per heavy atom. The van der Waals surface area contributed by atoms with Crippen LogP contribution in [0.2, 0.25) is 5.02 Å². The van der Waals surface area contributed by atoms with Crippen LogP contribution in [0, 0.1) is 0 Å². The number of rotatable bonds is 8. The second kappa shape index (κ2) is 8.94. The highest BCUT2D eigenvalue weighted by Crippen LogP contribution is 2.21. The first-order chi connectivity index (χ1) is 12.0. The predicted molar refractivity (Wildman–Crippen MR) is 94.8 cm³/mol. The van der Waals surface area contributed by atoms with Crippen LogP contribution in [0.4, 0.5) is 5.69 Å². The lowest BCUT2D eigenvalue weighted by Gasteiger charge is -2.08. The fourth-order valence-corrected chi connectivity index (χ4v) is 2.28. The fraction of sp³-hybridized carbons (Fsp3) is 0.222. The standard InChI is InChI=1S/C18H18ClNO5/c1-24-13-5-7-14(8-6-13)25-10-2-3-17(21)20-12-4-9-16(19)15(11-12)18(22)23/h4-9,11H,2-3,10H2,1H3,(H,20,21)(H,22,23). The number of anilines is 1. The summed E-state index contributed by atoms with van der Waals surface area (Å²) >= 11 is 5.79. The molecule has 2 N–H and O–H groups in total. The number of hydrogen-bond donors (Lipinski definition) is 2. The van der Waals surface area contributed by atoms with Crippen LogP contribution in [-0.2, 0) is 4.79 Å². The molecule has 0 aliphatic rings. The second-order valence-electron chi connectivity index (χ2n) is 5.18. The number of hydrogen-bond acceptors (Lipinski definition) is 4. The molecular formula is C18H18ClNO5. The van der Waals surface area contributed by atoms with Crippen LogP contribution < -0.4 is 14.8 Å². The number of carboxylic acid groups (broad SMARTS) is 1. The van der Waals surface area contributed by atoms with Crippen molar-refractivity contribution in [2.45, 2.75) is 12.8 Å². The van der Waals surface area contributed by atoms with Crippen LogP contribution in [0.5, 0.6) is 11.5 Å². The average Bonchev–Trinajstić information content (AvgIpc) is 2.60. The molecule has 0 radical (unpaired) electrons. The smallest absolute Gasteiger partial charge is 0.337 e. The summed E-state index contributed by atoms with van der Waals surface area (Å²) in [6.07, 6.45) is 0.776. The zero-order valence-electron chi connectivity index (χ0n) is 13.6. The van der Waals surface area contributed by atoms with Gasteiger partial charge in [-0.15, -0.1) is 0 Å². The molecule has 0 heterocycles. The van der Waals surface area contributed by atoms with Gasteiger partial charge in [0.15, 0.2) is 0 Å². The van der Waals surface area contributed by atoms with Crippen LogP contribution in [0.3, 0.4) is 0 Å². The summed E-state index contributed by atoms with van der Waals surface area (Å²) in [5.74, 6) is 0.0754. The summed E-state index contributed by atoms with van der Waals surface area (Å²) in [6, 6.07) is 11.5. The first kappa shape index (κ1) is 18.6. The molecule has 0 saturated carbocycles. The van der Waals surface area contributed by atoms with Crippen LogP contribution in [0.1, 0.15) is 23.2 Å². The zero-order valence-corrected chi connectivity index (χ0v) is 14.4. The molecule has 0 aliphatic heterocycles. The quantitative estimate of drug-likeness (QED) is 0.696. The fourth-order valence-electron chi connectivity index (χ4n) is 2.09. The van der Waals surface area contributed by atoms with Gasteiger partial charge in [0.2, 0.25) is 5.91 Å². The number of ether oxygens (including phenoxy) is 2. The topological polar surface area (TPSA) is 84.9 Å². The molecule has 25 heavy (non-hydrogen) atoms. The first-order valence-corrected chi connectivity index (χ1v) is 7.97. The van der Waals surface area contributed by atoms with E-state index in [1.165, 1.54) is 12.1 Å². The Balaban J connectivity index is 1.77. The van der Waals surface area contributed by atoms with Crippen molar-refractivity contribution in [3.63, 3.8) is 0 Å². The van der Waals surface area contributed by atoms with E-state index in [9.17, 15) is 9.59 Å². The number of nitrogens with one attached hydrogen (secondary N) is 1. The maximum atomic E-state index is 11.9. The maximum Gasteiger partial charge on any atom is 0.337 e. The molecule has 1 amide bonds. The van der Waals surface area contributed by atoms with Gasteiger partial charge in [0, 0.05) is 12.1 Å². The van der Waals surface area contributed by atoms with Crippen LogP contribution >= 0.6 is 11.6 Å². The van der Waals surface area contributed by atoms with E-state index in [-0.39, 0.29) is 22.9 Å². The van der Waals surface area contributed by atoms with Gasteiger partial charge < -0.3 is 19.9 Å². The number of halogens is 1. The number of carbonyl (C=O) groups is 2. The minimum Gasteiger partial charge on any atom is -0.497 e. The van der Waals surface area contributed by atoms with E-state index in [4.69, 9.17) is 26.2 Å². The van der Waals surface area contributed by atoms with E-state index in [0.717, 1.165) is 5.75 Å². The highest BCUT2D eigenvalue weighted by atomic mass is 35.5. The van der Waals surface area contributed by atoms with Gasteiger partial charge >= 0.3 is 5.97 Å². The number of aromatic carboxylic acids is 1. The Labute approximate surface area is 150 Å². The number of benzene rings is 2. The molecule has 2 aromatic carbocycles. The third-order valence-corrected chi connectivity index (χ3v) is 3.69. The molecule has 0 spiro atoms. The molecule has 0 unspecified atom stereocenters.